The Morgan fingerprint density at radius 2 is 2.00 bits per heavy atom. The molecule has 0 aromatic rings. The topological polar surface area (TPSA) is 38.8 Å². The minimum absolute atomic E-state index is 0.116. The molecule has 1 heterocycles. The first-order valence-corrected chi connectivity index (χ1v) is 6.52. The lowest BCUT2D eigenvalue weighted by atomic mass is 9.82. The zero-order chi connectivity index (χ0) is 12.7. The molecule has 1 aliphatic heterocycles. The lowest BCUT2D eigenvalue weighted by molar-refractivity contribution is -0.135. The maximum absolute atomic E-state index is 11.9. The number of likely N-dealkylation sites (tertiary alicyclic amines) is 1. The molecule has 1 fully saturated rings. The third-order valence-electron chi connectivity index (χ3n) is 3.95. The van der Waals surface area contributed by atoms with Crippen molar-refractivity contribution in [2.24, 2.45) is 5.41 Å². The van der Waals surface area contributed by atoms with Crippen molar-refractivity contribution in [1.82, 2.24) is 4.90 Å². The van der Waals surface area contributed by atoms with Crippen LogP contribution in [0.25, 0.3) is 0 Å². The largest absolute Gasteiger partial charge is 0.382 e. The van der Waals surface area contributed by atoms with Crippen LogP contribution in [-0.4, -0.2) is 50.8 Å². The van der Waals surface area contributed by atoms with Gasteiger partial charge in [0, 0.05) is 20.2 Å². The SMILES string of the molecule is CCC1(CC)CCN(C(=O)COCCOC)C1. The van der Waals surface area contributed by atoms with E-state index in [1.807, 2.05) is 4.90 Å². The average molecular weight is 243 g/mol. The zero-order valence-corrected chi connectivity index (χ0v) is 11.3. The van der Waals surface area contributed by atoms with E-state index in [1.165, 1.54) is 0 Å². The Labute approximate surface area is 104 Å². The van der Waals surface area contributed by atoms with Crippen LogP contribution < -0.4 is 0 Å². The molecule has 4 heteroatoms. The van der Waals surface area contributed by atoms with Crippen LogP contribution in [-0.2, 0) is 14.3 Å². The minimum Gasteiger partial charge on any atom is -0.382 e. The van der Waals surface area contributed by atoms with Gasteiger partial charge in [0.15, 0.2) is 0 Å². The second kappa shape index (κ2) is 6.97. The van der Waals surface area contributed by atoms with E-state index in [9.17, 15) is 4.79 Å². The van der Waals surface area contributed by atoms with E-state index in [-0.39, 0.29) is 12.5 Å². The predicted molar refractivity (Wildman–Crippen MR) is 66.9 cm³/mol. The molecule has 0 bridgehead atoms. The Kier molecular flexibility index (Phi) is 5.92. The van der Waals surface area contributed by atoms with Crippen molar-refractivity contribution in [3.05, 3.63) is 0 Å². The number of methoxy groups -OCH3 is 1. The highest BCUT2D eigenvalue weighted by atomic mass is 16.5. The summed E-state index contributed by atoms with van der Waals surface area (Å²) in [5.74, 6) is 0.116. The maximum atomic E-state index is 11.9. The van der Waals surface area contributed by atoms with Crippen molar-refractivity contribution in [1.29, 1.82) is 0 Å². The number of ether oxygens (including phenoxy) is 2. The normalized spacial score (nSPS) is 18.6. The van der Waals surface area contributed by atoms with Crippen LogP contribution in [0.2, 0.25) is 0 Å². The van der Waals surface area contributed by atoms with Crippen LogP contribution in [0.3, 0.4) is 0 Å². The van der Waals surface area contributed by atoms with Crippen molar-refractivity contribution in [2.75, 3.05) is 40.0 Å². The predicted octanol–water partition coefficient (Wildman–Crippen LogP) is 1.69. The molecule has 0 unspecified atom stereocenters. The minimum atomic E-state index is 0.116. The Bertz CT molecular complexity index is 239. The first-order valence-electron chi connectivity index (χ1n) is 6.52. The number of hydrogen-bond acceptors (Lipinski definition) is 3. The second-order valence-electron chi connectivity index (χ2n) is 4.82. The van der Waals surface area contributed by atoms with Crippen molar-refractivity contribution < 1.29 is 14.3 Å². The molecule has 1 amide bonds. The van der Waals surface area contributed by atoms with E-state index < -0.39 is 0 Å². The summed E-state index contributed by atoms with van der Waals surface area (Å²) in [6, 6.07) is 0. The lowest BCUT2D eigenvalue weighted by Gasteiger charge is -2.26. The molecule has 4 nitrogen and oxygen atoms in total. The van der Waals surface area contributed by atoms with Crippen LogP contribution in [0.1, 0.15) is 33.1 Å². The van der Waals surface area contributed by atoms with Gasteiger partial charge in [0.25, 0.3) is 0 Å². The first kappa shape index (κ1) is 14.5. The van der Waals surface area contributed by atoms with Gasteiger partial charge in [0.05, 0.1) is 13.2 Å². The Morgan fingerprint density at radius 3 is 2.53 bits per heavy atom. The second-order valence-corrected chi connectivity index (χ2v) is 4.82. The molecule has 0 spiro atoms. The van der Waals surface area contributed by atoms with E-state index >= 15 is 0 Å². The van der Waals surface area contributed by atoms with Crippen LogP contribution in [0.15, 0.2) is 0 Å². The lowest BCUT2D eigenvalue weighted by Crippen LogP contribution is -2.34. The molecular weight excluding hydrogens is 218 g/mol. The molecule has 17 heavy (non-hydrogen) atoms. The van der Waals surface area contributed by atoms with E-state index in [0.717, 1.165) is 32.4 Å². The standard InChI is InChI=1S/C13H25NO3/c1-4-13(5-2)6-7-14(11-13)12(15)10-17-9-8-16-3/h4-11H2,1-3H3. The van der Waals surface area contributed by atoms with E-state index in [4.69, 9.17) is 9.47 Å². The molecule has 0 aromatic heterocycles. The molecule has 0 N–H and O–H groups in total. The van der Waals surface area contributed by atoms with Gasteiger partial charge >= 0.3 is 0 Å². The monoisotopic (exact) mass is 243 g/mol. The average Bonchev–Trinajstić information content (AvgIpc) is 2.79. The maximum Gasteiger partial charge on any atom is 0.248 e. The van der Waals surface area contributed by atoms with Crippen LogP contribution >= 0.6 is 0 Å². The summed E-state index contributed by atoms with van der Waals surface area (Å²) >= 11 is 0. The highest BCUT2D eigenvalue weighted by Gasteiger charge is 2.36. The summed E-state index contributed by atoms with van der Waals surface area (Å²) < 4.78 is 10.1. The van der Waals surface area contributed by atoms with Crippen molar-refractivity contribution in [3.63, 3.8) is 0 Å². The molecule has 0 saturated carbocycles. The van der Waals surface area contributed by atoms with Gasteiger partial charge in [-0.15, -0.1) is 0 Å². The van der Waals surface area contributed by atoms with E-state index in [1.54, 1.807) is 7.11 Å². The molecule has 1 rings (SSSR count). The van der Waals surface area contributed by atoms with Gasteiger partial charge in [0.1, 0.15) is 6.61 Å². The molecule has 0 aromatic carbocycles. The first-order chi connectivity index (χ1) is 8.17. The number of nitrogens with zero attached hydrogens (tertiary/aromatic N) is 1. The summed E-state index contributed by atoms with van der Waals surface area (Å²) in [6.07, 6.45) is 3.43. The molecule has 100 valence electrons. The van der Waals surface area contributed by atoms with Gasteiger partial charge in [-0.1, -0.05) is 13.8 Å². The third kappa shape index (κ3) is 3.96. The summed E-state index contributed by atoms with van der Waals surface area (Å²) in [4.78, 5) is 13.8. The summed E-state index contributed by atoms with van der Waals surface area (Å²) in [7, 11) is 1.63. The third-order valence-corrected chi connectivity index (χ3v) is 3.95. The number of amides is 1. The molecule has 1 aliphatic rings. The number of rotatable bonds is 7. The molecule has 1 saturated heterocycles. The van der Waals surface area contributed by atoms with Crippen LogP contribution in [0.4, 0.5) is 0 Å². The highest BCUT2D eigenvalue weighted by molar-refractivity contribution is 5.77. The van der Waals surface area contributed by atoms with Gasteiger partial charge in [-0.2, -0.15) is 0 Å². The number of hydrogen-bond donors (Lipinski definition) is 0. The molecule has 0 radical (unpaired) electrons. The summed E-state index contributed by atoms with van der Waals surface area (Å²) in [6.45, 7) is 7.43. The van der Waals surface area contributed by atoms with Gasteiger partial charge in [-0.05, 0) is 24.7 Å². The van der Waals surface area contributed by atoms with E-state index in [2.05, 4.69) is 13.8 Å². The number of carbonyl (C=O) groups is 1. The quantitative estimate of drug-likeness (QED) is 0.639. The summed E-state index contributed by atoms with van der Waals surface area (Å²) in [5, 5.41) is 0. The molecule has 0 aliphatic carbocycles. The van der Waals surface area contributed by atoms with Crippen molar-refractivity contribution in [2.45, 2.75) is 33.1 Å². The van der Waals surface area contributed by atoms with Crippen LogP contribution in [0.5, 0.6) is 0 Å². The summed E-state index contributed by atoms with van der Waals surface area (Å²) in [5.41, 5.74) is 0.349. The van der Waals surface area contributed by atoms with Gasteiger partial charge in [0.2, 0.25) is 5.91 Å². The fourth-order valence-corrected chi connectivity index (χ4v) is 2.37. The van der Waals surface area contributed by atoms with Crippen molar-refractivity contribution >= 4 is 5.91 Å². The Balaban J connectivity index is 2.30. The zero-order valence-electron chi connectivity index (χ0n) is 11.3. The van der Waals surface area contributed by atoms with Gasteiger partial charge < -0.3 is 14.4 Å². The fourth-order valence-electron chi connectivity index (χ4n) is 2.37. The van der Waals surface area contributed by atoms with Crippen molar-refractivity contribution in [3.8, 4) is 0 Å². The van der Waals surface area contributed by atoms with E-state index in [0.29, 0.717) is 18.6 Å². The van der Waals surface area contributed by atoms with Gasteiger partial charge in [-0.3, -0.25) is 4.79 Å². The Hall–Kier alpha value is -0.610. The smallest absolute Gasteiger partial charge is 0.248 e. The number of carbonyl (C=O) groups excluding carboxylic acids is 1. The van der Waals surface area contributed by atoms with Gasteiger partial charge in [-0.25, -0.2) is 0 Å². The fraction of sp³-hybridized carbons (Fsp3) is 0.923. The highest BCUT2D eigenvalue weighted by Crippen LogP contribution is 2.36. The molecule has 0 atom stereocenters. The Morgan fingerprint density at radius 1 is 1.29 bits per heavy atom. The van der Waals surface area contributed by atoms with Crippen LogP contribution in [0, 0.1) is 5.41 Å². The molecular formula is C13H25NO3.